The fourth-order valence-electron chi connectivity index (χ4n) is 4.04. The van der Waals surface area contributed by atoms with Gasteiger partial charge in [0.25, 0.3) is 0 Å². The summed E-state index contributed by atoms with van der Waals surface area (Å²) in [6.45, 7) is 3.28. The number of rotatable bonds is 4. The average Bonchev–Trinajstić information content (AvgIpc) is 3.13. The van der Waals surface area contributed by atoms with Gasteiger partial charge in [0, 0.05) is 51.2 Å². The molecule has 1 aromatic carbocycles. The first-order chi connectivity index (χ1) is 12.0. The van der Waals surface area contributed by atoms with E-state index >= 15 is 0 Å². The van der Waals surface area contributed by atoms with Crippen molar-refractivity contribution >= 4 is 9.84 Å². The van der Waals surface area contributed by atoms with E-state index in [1.165, 1.54) is 5.56 Å². The van der Waals surface area contributed by atoms with Gasteiger partial charge in [-0.1, -0.05) is 30.3 Å². The number of aryl methyl sites for hydroxylation is 1. The number of nitrogens with zero attached hydrogens (tertiary/aromatic N) is 4. The van der Waals surface area contributed by atoms with E-state index in [0.717, 1.165) is 25.5 Å². The minimum absolute atomic E-state index is 0.0548. The Kier molecular flexibility index (Phi) is 4.39. The first-order valence-electron chi connectivity index (χ1n) is 8.70. The van der Waals surface area contributed by atoms with Gasteiger partial charge < -0.3 is 4.57 Å². The van der Waals surface area contributed by atoms with Gasteiger partial charge in [-0.3, -0.25) is 9.80 Å². The van der Waals surface area contributed by atoms with Gasteiger partial charge >= 0.3 is 0 Å². The third-order valence-corrected chi connectivity index (χ3v) is 7.10. The quantitative estimate of drug-likeness (QED) is 0.811. The van der Waals surface area contributed by atoms with Crippen LogP contribution >= 0.6 is 0 Å². The van der Waals surface area contributed by atoms with Gasteiger partial charge in [0.1, 0.15) is 5.82 Å². The summed E-state index contributed by atoms with van der Waals surface area (Å²) in [5, 5.41) is 0. The molecule has 0 aliphatic carbocycles. The lowest BCUT2D eigenvalue weighted by Gasteiger charge is -2.43. The summed E-state index contributed by atoms with van der Waals surface area (Å²) in [6.07, 6.45) is 3.73. The van der Waals surface area contributed by atoms with Crippen molar-refractivity contribution in [2.75, 3.05) is 24.6 Å². The molecule has 134 valence electrons. The van der Waals surface area contributed by atoms with E-state index in [-0.39, 0.29) is 23.6 Å². The molecule has 2 atom stereocenters. The van der Waals surface area contributed by atoms with Gasteiger partial charge in [0.05, 0.1) is 18.1 Å². The second-order valence-electron chi connectivity index (χ2n) is 7.09. The maximum atomic E-state index is 12.3. The van der Waals surface area contributed by atoms with Crippen molar-refractivity contribution in [3.8, 4) is 0 Å². The van der Waals surface area contributed by atoms with Crippen LogP contribution in [0.3, 0.4) is 0 Å². The van der Waals surface area contributed by atoms with Crippen molar-refractivity contribution in [1.29, 1.82) is 0 Å². The highest BCUT2D eigenvalue weighted by Gasteiger charge is 2.46. The van der Waals surface area contributed by atoms with Gasteiger partial charge in [0.15, 0.2) is 9.84 Å². The number of hydrogen-bond donors (Lipinski definition) is 0. The smallest absolute Gasteiger partial charge is 0.153 e. The van der Waals surface area contributed by atoms with Crippen LogP contribution in [0, 0.1) is 0 Å². The largest absolute Gasteiger partial charge is 0.337 e. The number of benzene rings is 1. The second kappa shape index (κ2) is 6.55. The molecule has 2 aromatic rings. The Morgan fingerprint density at radius 1 is 1.04 bits per heavy atom. The zero-order valence-corrected chi connectivity index (χ0v) is 15.3. The Morgan fingerprint density at radius 2 is 1.68 bits per heavy atom. The van der Waals surface area contributed by atoms with E-state index in [4.69, 9.17) is 0 Å². The van der Waals surface area contributed by atoms with E-state index in [9.17, 15) is 8.42 Å². The Balaban J connectivity index is 1.54. The van der Waals surface area contributed by atoms with Crippen molar-refractivity contribution in [2.24, 2.45) is 7.05 Å². The van der Waals surface area contributed by atoms with Crippen LogP contribution in [0.25, 0.3) is 0 Å². The monoisotopic (exact) mass is 360 g/mol. The Morgan fingerprint density at radius 3 is 2.28 bits per heavy atom. The number of hydrogen-bond acceptors (Lipinski definition) is 5. The van der Waals surface area contributed by atoms with Crippen LogP contribution in [-0.2, 0) is 30.0 Å². The molecule has 0 amide bonds. The van der Waals surface area contributed by atoms with Gasteiger partial charge in [-0.15, -0.1) is 0 Å². The molecule has 0 spiro atoms. The van der Waals surface area contributed by atoms with Crippen molar-refractivity contribution < 1.29 is 8.42 Å². The highest BCUT2D eigenvalue weighted by atomic mass is 32.2. The number of sulfone groups is 1. The molecule has 2 aliphatic heterocycles. The predicted octanol–water partition coefficient (Wildman–Crippen LogP) is 0.904. The predicted molar refractivity (Wildman–Crippen MR) is 96.7 cm³/mol. The standard InChI is InChI=1S/C18H24N4O2S/c1-20-8-7-19-18(20)12-22-10-9-21(11-15-5-3-2-4-6-15)16-13-25(23,24)14-17(16)22/h2-8,16-17H,9-14H2,1H3/t16-,17+/m1/s1. The minimum atomic E-state index is -2.99. The highest BCUT2D eigenvalue weighted by Crippen LogP contribution is 2.29. The lowest BCUT2D eigenvalue weighted by molar-refractivity contribution is 0.0335. The molecular formula is C18H24N4O2S. The molecule has 1 aromatic heterocycles. The maximum Gasteiger partial charge on any atom is 0.153 e. The number of piperazine rings is 1. The Labute approximate surface area is 149 Å². The first-order valence-corrected chi connectivity index (χ1v) is 10.5. The molecule has 4 rings (SSSR count). The van der Waals surface area contributed by atoms with E-state index < -0.39 is 9.84 Å². The van der Waals surface area contributed by atoms with E-state index in [1.807, 2.05) is 36.0 Å². The van der Waals surface area contributed by atoms with Crippen molar-refractivity contribution in [3.63, 3.8) is 0 Å². The minimum Gasteiger partial charge on any atom is -0.337 e. The van der Waals surface area contributed by atoms with Crippen LogP contribution in [0.2, 0.25) is 0 Å². The molecule has 0 bridgehead atoms. The Hall–Kier alpha value is -1.70. The average molecular weight is 360 g/mol. The molecule has 2 fully saturated rings. The summed E-state index contributed by atoms with van der Waals surface area (Å²) in [5.74, 6) is 1.51. The zero-order chi connectivity index (χ0) is 17.4. The van der Waals surface area contributed by atoms with Crippen LogP contribution in [0.5, 0.6) is 0 Å². The normalized spacial score (nSPS) is 26.6. The summed E-state index contributed by atoms with van der Waals surface area (Å²) in [4.78, 5) is 9.06. The highest BCUT2D eigenvalue weighted by molar-refractivity contribution is 7.91. The van der Waals surface area contributed by atoms with Crippen molar-refractivity contribution in [2.45, 2.75) is 25.2 Å². The summed E-state index contributed by atoms with van der Waals surface area (Å²) in [6, 6.07) is 10.4. The van der Waals surface area contributed by atoms with Gasteiger partial charge in [-0.25, -0.2) is 13.4 Å². The van der Waals surface area contributed by atoms with Crippen LogP contribution in [0.15, 0.2) is 42.7 Å². The van der Waals surface area contributed by atoms with Crippen LogP contribution < -0.4 is 0 Å². The van der Waals surface area contributed by atoms with E-state index in [1.54, 1.807) is 6.20 Å². The maximum absolute atomic E-state index is 12.3. The Bertz CT molecular complexity index is 834. The van der Waals surface area contributed by atoms with Gasteiger partial charge in [-0.2, -0.15) is 0 Å². The van der Waals surface area contributed by atoms with Crippen molar-refractivity contribution in [1.82, 2.24) is 19.4 Å². The van der Waals surface area contributed by atoms with Crippen LogP contribution in [-0.4, -0.2) is 64.4 Å². The topological polar surface area (TPSA) is 58.4 Å². The third-order valence-electron chi connectivity index (χ3n) is 5.40. The van der Waals surface area contributed by atoms with Gasteiger partial charge in [0.2, 0.25) is 0 Å². The molecule has 0 unspecified atom stereocenters. The molecule has 0 radical (unpaired) electrons. The summed E-state index contributed by atoms with van der Waals surface area (Å²) < 4.78 is 26.7. The number of fused-ring (bicyclic) bond motifs is 1. The second-order valence-corrected chi connectivity index (χ2v) is 9.25. The summed E-state index contributed by atoms with van der Waals surface area (Å²) in [7, 11) is -1.00. The lowest BCUT2D eigenvalue weighted by atomic mass is 10.0. The molecule has 0 N–H and O–H groups in total. The van der Waals surface area contributed by atoms with Crippen LogP contribution in [0.4, 0.5) is 0 Å². The van der Waals surface area contributed by atoms with Crippen molar-refractivity contribution in [3.05, 3.63) is 54.1 Å². The molecule has 7 heteroatoms. The fraction of sp³-hybridized carbons (Fsp3) is 0.500. The molecule has 0 saturated carbocycles. The molecular weight excluding hydrogens is 336 g/mol. The lowest BCUT2D eigenvalue weighted by Crippen LogP contribution is -2.58. The molecule has 6 nitrogen and oxygen atoms in total. The van der Waals surface area contributed by atoms with Crippen LogP contribution in [0.1, 0.15) is 11.4 Å². The first kappa shape index (κ1) is 16.8. The summed E-state index contributed by atoms with van der Waals surface area (Å²) >= 11 is 0. The molecule has 2 aliphatic rings. The summed E-state index contributed by atoms with van der Waals surface area (Å²) in [5.41, 5.74) is 1.24. The number of aromatic nitrogens is 2. The number of imidazole rings is 1. The van der Waals surface area contributed by atoms with Gasteiger partial charge in [-0.05, 0) is 5.56 Å². The SMILES string of the molecule is Cn1ccnc1CN1CCN(Cc2ccccc2)[C@@H]2CS(=O)(=O)C[C@@H]21. The molecule has 3 heterocycles. The fourth-order valence-corrected chi connectivity index (χ4v) is 6.08. The molecule has 2 saturated heterocycles. The zero-order valence-electron chi connectivity index (χ0n) is 14.5. The van der Waals surface area contributed by atoms with E-state index in [0.29, 0.717) is 6.54 Å². The molecule has 25 heavy (non-hydrogen) atoms. The van der Waals surface area contributed by atoms with E-state index in [2.05, 4.69) is 26.9 Å². The third kappa shape index (κ3) is 3.49.